The van der Waals surface area contributed by atoms with Crippen molar-refractivity contribution in [2.45, 2.75) is 6.92 Å². The van der Waals surface area contributed by atoms with Gasteiger partial charge in [-0.25, -0.2) is 4.68 Å². The van der Waals surface area contributed by atoms with Gasteiger partial charge in [0.25, 0.3) is 0 Å². The predicted molar refractivity (Wildman–Crippen MR) is 63.7 cm³/mol. The molecule has 3 rings (SSSR count). The number of nitrogen functional groups attached to an aromatic ring is 1. The van der Waals surface area contributed by atoms with Crippen LogP contribution in [-0.2, 0) is 0 Å². The molecule has 1 aromatic carbocycles. The Bertz CT molecular complexity index is 563. The first kappa shape index (κ1) is 10.0. The van der Waals surface area contributed by atoms with Crippen LogP contribution in [-0.4, -0.2) is 23.0 Å². The lowest BCUT2D eigenvalue weighted by atomic mass is 10.2. The van der Waals surface area contributed by atoms with Crippen molar-refractivity contribution in [1.29, 1.82) is 0 Å². The van der Waals surface area contributed by atoms with Crippen LogP contribution in [0.3, 0.4) is 0 Å². The van der Waals surface area contributed by atoms with Gasteiger partial charge in [0.1, 0.15) is 13.2 Å². The Hall–Kier alpha value is -2.17. The van der Waals surface area contributed by atoms with Gasteiger partial charge in [0.2, 0.25) is 0 Å². The number of fused-ring (bicyclic) bond motifs is 1. The zero-order valence-corrected chi connectivity index (χ0v) is 9.51. The first-order chi connectivity index (χ1) is 8.24. The summed E-state index contributed by atoms with van der Waals surface area (Å²) >= 11 is 0. The van der Waals surface area contributed by atoms with Crippen molar-refractivity contribution < 1.29 is 9.47 Å². The van der Waals surface area contributed by atoms with Crippen LogP contribution in [0.5, 0.6) is 11.5 Å². The highest BCUT2D eigenvalue weighted by Gasteiger charge is 2.15. The Morgan fingerprint density at radius 2 is 1.94 bits per heavy atom. The molecule has 0 saturated heterocycles. The highest BCUT2D eigenvalue weighted by atomic mass is 16.6. The fourth-order valence-corrected chi connectivity index (χ4v) is 1.84. The molecule has 2 N–H and O–H groups in total. The van der Waals surface area contributed by atoms with Crippen molar-refractivity contribution in [3.63, 3.8) is 0 Å². The number of aromatic nitrogens is 2. The SMILES string of the molecule is Cc1ccn(-c2cc3c(cc2N)OCCO3)n1. The first-order valence-electron chi connectivity index (χ1n) is 5.46. The molecule has 0 spiro atoms. The zero-order chi connectivity index (χ0) is 11.8. The molecule has 1 aromatic heterocycles. The number of nitrogens with zero attached hydrogens (tertiary/aromatic N) is 2. The van der Waals surface area contributed by atoms with E-state index in [2.05, 4.69) is 5.10 Å². The van der Waals surface area contributed by atoms with Gasteiger partial charge >= 0.3 is 0 Å². The van der Waals surface area contributed by atoms with Crippen LogP contribution in [0.2, 0.25) is 0 Å². The molecule has 1 aliphatic rings. The number of ether oxygens (including phenoxy) is 2. The minimum absolute atomic E-state index is 0.562. The summed E-state index contributed by atoms with van der Waals surface area (Å²) in [6.07, 6.45) is 1.87. The normalized spacial score (nSPS) is 13.7. The third kappa shape index (κ3) is 1.69. The summed E-state index contributed by atoms with van der Waals surface area (Å²) in [5, 5.41) is 4.33. The fraction of sp³-hybridized carbons (Fsp3) is 0.250. The topological polar surface area (TPSA) is 62.3 Å². The lowest BCUT2D eigenvalue weighted by molar-refractivity contribution is 0.171. The summed E-state index contributed by atoms with van der Waals surface area (Å²) in [5.74, 6) is 1.41. The Balaban J connectivity index is 2.11. The van der Waals surface area contributed by atoms with Gasteiger partial charge in [-0.05, 0) is 13.0 Å². The van der Waals surface area contributed by atoms with Crippen LogP contribution >= 0.6 is 0 Å². The van der Waals surface area contributed by atoms with Gasteiger partial charge in [0.15, 0.2) is 11.5 Å². The zero-order valence-electron chi connectivity index (χ0n) is 9.51. The quantitative estimate of drug-likeness (QED) is 0.756. The minimum Gasteiger partial charge on any atom is -0.486 e. The smallest absolute Gasteiger partial charge is 0.163 e. The number of hydrogen-bond donors (Lipinski definition) is 1. The van der Waals surface area contributed by atoms with Gasteiger partial charge < -0.3 is 15.2 Å². The van der Waals surface area contributed by atoms with Gasteiger partial charge in [0, 0.05) is 18.3 Å². The average Bonchev–Trinajstić information content (AvgIpc) is 2.75. The number of anilines is 1. The second kappa shape index (κ2) is 3.69. The second-order valence-electron chi connectivity index (χ2n) is 3.96. The van der Waals surface area contributed by atoms with E-state index >= 15 is 0 Å². The third-order valence-electron chi connectivity index (χ3n) is 2.66. The Morgan fingerprint density at radius 3 is 2.59 bits per heavy atom. The molecule has 5 nitrogen and oxygen atoms in total. The molecule has 0 aliphatic carbocycles. The Kier molecular flexibility index (Phi) is 2.18. The number of nitrogens with two attached hydrogens (primary N) is 1. The standard InChI is InChI=1S/C12H13N3O2/c1-8-2-3-15(14-8)10-7-12-11(6-9(10)13)16-4-5-17-12/h2-3,6-7H,4-5,13H2,1H3. The number of rotatable bonds is 1. The third-order valence-corrected chi connectivity index (χ3v) is 2.66. The summed E-state index contributed by atoms with van der Waals surface area (Å²) in [4.78, 5) is 0. The van der Waals surface area contributed by atoms with Gasteiger partial charge in [0.05, 0.1) is 17.1 Å². The van der Waals surface area contributed by atoms with Crippen LogP contribution in [0.15, 0.2) is 24.4 Å². The number of aryl methyl sites for hydroxylation is 1. The first-order valence-corrected chi connectivity index (χ1v) is 5.46. The Labute approximate surface area is 98.8 Å². The highest BCUT2D eigenvalue weighted by molar-refractivity contribution is 5.65. The molecule has 1 aliphatic heterocycles. The van der Waals surface area contributed by atoms with E-state index in [4.69, 9.17) is 15.2 Å². The van der Waals surface area contributed by atoms with Gasteiger partial charge in [-0.1, -0.05) is 0 Å². The molecular formula is C12H13N3O2. The fourth-order valence-electron chi connectivity index (χ4n) is 1.84. The molecular weight excluding hydrogens is 218 g/mol. The van der Waals surface area contributed by atoms with E-state index in [0.29, 0.717) is 30.4 Å². The van der Waals surface area contributed by atoms with Crippen molar-refractivity contribution in [2.75, 3.05) is 18.9 Å². The molecule has 2 heterocycles. The van der Waals surface area contributed by atoms with Crippen molar-refractivity contribution in [1.82, 2.24) is 9.78 Å². The number of benzene rings is 1. The maximum atomic E-state index is 5.99. The molecule has 0 fully saturated rings. The highest BCUT2D eigenvalue weighted by Crippen LogP contribution is 2.35. The molecule has 5 heteroatoms. The molecule has 0 amide bonds. The minimum atomic E-state index is 0.562. The van der Waals surface area contributed by atoms with Crippen LogP contribution < -0.4 is 15.2 Å². The van der Waals surface area contributed by atoms with Crippen LogP contribution in [0.25, 0.3) is 5.69 Å². The monoisotopic (exact) mass is 231 g/mol. The van der Waals surface area contributed by atoms with Crippen LogP contribution in [0, 0.1) is 6.92 Å². The van der Waals surface area contributed by atoms with Crippen LogP contribution in [0.4, 0.5) is 5.69 Å². The lowest BCUT2D eigenvalue weighted by Crippen LogP contribution is -2.16. The summed E-state index contributed by atoms with van der Waals surface area (Å²) in [6, 6.07) is 5.56. The Morgan fingerprint density at radius 1 is 1.24 bits per heavy atom. The van der Waals surface area contributed by atoms with E-state index < -0.39 is 0 Å². The predicted octanol–water partition coefficient (Wildman–Crippen LogP) is 1.53. The van der Waals surface area contributed by atoms with E-state index in [9.17, 15) is 0 Å². The molecule has 17 heavy (non-hydrogen) atoms. The van der Waals surface area contributed by atoms with Crippen molar-refractivity contribution in [2.24, 2.45) is 0 Å². The maximum Gasteiger partial charge on any atom is 0.163 e. The summed E-state index contributed by atoms with van der Waals surface area (Å²) in [6.45, 7) is 3.06. The molecule has 0 radical (unpaired) electrons. The summed E-state index contributed by atoms with van der Waals surface area (Å²) in [7, 11) is 0. The van der Waals surface area contributed by atoms with E-state index in [1.165, 1.54) is 0 Å². The second-order valence-corrected chi connectivity index (χ2v) is 3.96. The molecule has 2 aromatic rings. The molecule has 0 unspecified atom stereocenters. The molecule has 0 atom stereocenters. The molecule has 0 bridgehead atoms. The number of hydrogen-bond acceptors (Lipinski definition) is 4. The largest absolute Gasteiger partial charge is 0.486 e. The van der Waals surface area contributed by atoms with E-state index in [-0.39, 0.29) is 0 Å². The molecule has 88 valence electrons. The summed E-state index contributed by atoms with van der Waals surface area (Å²) in [5.41, 5.74) is 8.36. The molecule has 0 saturated carbocycles. The van der Waals surface area contributed by atoms with E-state index in [0.717, 1.165) is 11.4 Å². The van der Waals surface area contributed by atoms with E-state index in [1.807, 2.05) is 25.3 Å². The maximum absolute atomic E-state index is 5.99. The van der Waals surface area contributed by atoms with Crippen LogP contribution in [0.1, 0.15) is 5.69 Å². The average molecular weight is 231 g/mol. The van der Waals surface area contributed by atoms with Crippen molar-refractivity contribution in [3.05, 3.63) is 30.1 Å². The van der Waals surface area contributed by atoms with Crippen molar-refractivity contribution >= 4 is 5.69 Å². The van der Waals surface area contributed by atoms with Gasteiger partial charge in [-0.15, -0.1) is 0 Å². The van der Waals surface area contributed by atoms with Gasteiger partial charge in [-0.3, -0.25) is 0 Å². The van der Waals surface area contributed by atoms with Gasteiger partial charge in [-0.2, -0.15) is 5.10 Å². The van der Waals surface area contributed by atoms with Crippen molar-refractivity contribution in [3.8, 4) is 17.2 Å². The van der Waals surface area contributed by atoms with E-state index in [1.54, 1.807) is 10.7 Å². The summed E-state index contributed by atoms with van der Waals surface area (Å²) < 4.78 is 12.7. The lowest BCUT2D eigenvalue weighted by Gasteiger charge is -2.20.